The maximum atomic E-state index is 13.5. The van der Waals surface area contributed by atoms with Gasteiger partial charge in [0.15, 0.2) is 17.5 Å². The Bertz CT molecular complexity index is 818. The Morgan fingerprint density at radius 1 is 1.08 bits per heavy atom. The third-order valence-electron chi connectivity index (χ3n) is 2.67. The fourth-order valence-electron chi connectivity index (χ4n) is 1.59. The Balaban J connectivity index is 2.20. The number of aromatic nitrogens is 1. The number of hydrogen-bond acceptors (Lipinski definition) is 4. The highest BCUT2D eigenvalue weighted by molar-refractivity contribution is 7.79. The van der Waals surface area contributed by atoms with Gasteiger partial charge >= 0.3 is 6.03 Å². The van der Waals surface area contributed by atoms with Crippen molar-refractivity contribution in [1.82, 2.24) is 9.29 Å². The van der Waals surface area contributed by atoms with Gasteiger partial charge in [0.2, 0.25) is 0 Å². The number of nitrogens with one attached hydrogen (secondary N) is 1. The number of amides is 3. The predicted molar refractivity (Wildman–Crippen MR) is 84.7 cm³/mol. The number of pyridine rings is 1. The number of halogens is 5. The molecule has 5 nitrogen and oxygen atoms in total. The van der Waals surface area contributed by atoms with Crippen LogP contribution in [0.2, 0.25) is 10.3 Å². The Hall–Kier alpha value is -1.97. The van der Waals surface area contributed by atoms with Crippen LogP contribution >= 0.6 is 36.0 Å². The van der Waals surface area contributed by atoms with Gasteiger partial charge in [-0.25, -0.2) is 27.3 Å². The van der Waals surface area contributed by atoms with E-state index in [4.69, 9.17) is 23.2 Å². The van der Waals surface area contributed by atoms with E-state index in [1.165, 1.54) is 0 Å². The second kappa shape index (κ2) is 7.29. The Morgan fingerprint density at radius 3 is 2.25 bits per heavy atom. The molecule has 2 aromatic rings. The normalized spacial score (nSPS) is 10.4. The molecule has 0 fully saturated rings. The number of rotatable bonds is 2. The van der Waals surface area contributed by atoms with Crippen molar-refractivity contribution < 1.29 is 22.8 Å². The van der Waals surface area contributed by atoms with E-state index in [2.05, 4.69) is 17.8 Å². The van der Waals surface area contributed by atoms with E-state index in [0.29, 0.717) is 6.07 Å². The van der Waals surface area contributed by atoms with Crippen LogP contribution in [0.5, 0.6) is 0 Å². The van der Waals surface area contributed by atoms with Crippen molar-refractivity contribution in [2.45, 2.75) is 0 Å². The smallest absolute Gasteiger partial charge is 0.304 e. The molecule has 0 bridgehead atoms. The van der Waals surface area contributed by atoms with E-state index in [1.807, 2.05) is 5.32 Å². The number of imide groups is 1. The minimum atomic E-state index is -1.77. The summed E-state index contributed by atoms with van der Waals surface area (Å²) in [6.45, 7) is 0. The fraction of sp³-hybridized carbons (Fsp3) is 0. The van der Waals surface area contributed by atoms with Crippen molar-refractivity contribution in [3.8, 4) is 0 Å². The van der Waals surface area contributed by atoms with Crippen LogP contribution in [0.1, 0.15) is 10.4 Å². The first-order valence-corrected chi connectivity index (χ1v) is 7.17. The summed E-state index contributed by atoms with van der Waals surface area (Å²) in [6.07, 6.45) is 0. The van der Waals surface area contributed by atoms with Crippen LogP contribution in [-0.2, 0) is 0 Å². The molecule has 0 atom stereocenters. The summed E-state index contributed by atoms with van der Waals surface area (Å²) in [5, 5.41) is 1.69. The van der Waals surface area contributed by atoms with Gasteiger partial charge < -0.3 is 5.32 Å². The average Bonchev–Trinajstić information content (AvgIpc) is 2.53. The van der Waals surface area contributed by atoms with E-state index in [-0.39, 0.29) is 20.2 Å². The van der Waals surface area contributed by atoms with Crippen molar-refractivity contribution in [2.75, 3.05) is 5.32 Å². The fourth-order valence-corrected chi connectivity index (χ4v) is 2.22. The van der Waals surface area contributed by atoms with Gasteiger partial charge in [0.25, 0.3) is 5.91 Å². The molecule has 0 unspecified atom stereocenters. The second-order valence-electron chi connectivity index (χ2n) is 4.27. The maximum absolute atomic E-state index is 13.5. The topological polar surface area (TPSA) is 62.3 Å². The molecule has 2 rings (SSSR count). The molecule has 126 valence electrons. The largest absolute Gasteiger partial charge is 0.339 e. The number of hydrogen-bond donors (Lipinski definition) is 2. The minimum absolute atomic E-state index is 0.0976. The van der Waals surface area contributed by atoms with Crippen molar-refractivity contribution in [3.05, 3.63) is 57.6 Å². The molecule has 0 spiro atoms. The molecule has 1 heterocycles. The molecule has 0 saturated carbocycles. The zero-order valence-electron chi connectivity index (χ0n) is 11.4. The van der Waals surface area contributed by atoms with E-state index < -0.39 is 35.1 Å². The zero-order chi connectivity index (χ0) is 18.0. The minimum Gasteiger partial charge on any atom is -0.304 e. The SMILES string of the molecule is O=C(Nc1ccc(F)c(F)c1F)N(S)C(=O)c1cc(Cl)nc(Cl)c1. The third kappa shape index (κ3) is 3.92. The molecule has 1 aromatic carbocycles. The van der Waals surface area contributed by atoms with Gasteiger partial charge in [-0.15, -0.1) is 0 Å². The summed E-state index contributed by atoms with van der Waals surface area (Å²) in [5.74, 6) is -5.76. The second-order valence-corrected chi connectivity index (χ2v) is 5.45. The number of carbonyl (C=O) groups is 2. The zero-order valence-corrected chi connectivity index (χ0v) is 13.8. The molecule has 0 aliphatic heterocycles. The molecule has 3 amide bonds. The molecule has 11 heteroatoms. The van der Waals surface area contributed by atoms with Crippen molar-refractivity contribution in [3.63, 3.8) is 0 Å². The Kier molecular flexibility index (Phi) is 5.58. The molecule has 24 heavy (non-hydrogen) atoms. The van der Waals surface area contributed by atoms with E-state index in [0.717, 1.165) is 18.2 Å². The number of anilines is 1. The number of thiol groups is 1. The van der Waals surface area contributed by atoms with E-state index in [9.17, 15) is 22.8 Å². The molecule has 0 aliphatic carbocycles. The quantitative estimate of drug-likeness (QED) is 0.452. The molecule has 1 aromatic heterocycles. The van der Waals surface area contributed by atoms with Crippen LogP contribution in [0, 0.1) is 17.5 Å². The van der Waals surface area contributed by atoms with Gasteiger partial charge in [-0.1, -0.05) is 36.0 Å². The maximum Gasteiger partial charge on any atom is 0.339 e. The van der Waals surface area contributed by atoms with E-state index in [1.54, 1.807) is 0 Å². The summed E-state index contributed by atoms with van der Waals surface area (Å²) in [5.41, 5.74) is -0.785. The molecule has 0 radical (unpaired) electrons. The van der Waals surface area contributed by atoms with Crippen molar-refractivity contribution in [1.29, 1.82) is 0 Å². The third-order valence-corrected chi connectivity index (χ3v) is 3.42. The summed E-state index contributed by atoms with van der Waals surface area (Å²) in [4.78, 5) is 27.6. The van der Waals surface area contributed by atoms with Crippen LogP contribution in [0.4, 0.5) is 23.7 Å². The lowest BCUT2D eigenvalue weighted by Gasteiger charge is -2.15. The summed E-state index contributed by atoms with van der Waals surface area (Å²) in [7, 11) is 0. The van der Waals surface area contributed by atoms with Gasteiger partial charge in [-0.3, -0.25) is 4.79 Å². The van der Waals surface area contributed by atoms with Crippen LogP contribution < -0.4 is 5.32 Å². The van der Waals surface area contributed by atoms with Gasteiger partial charge in [0.05, 0.1) is 5.69 Å². The number of urea groups is 1. The van der Waals surface area contributed by atoms with Crippen LogP contribution in [-0.4, -0.2) is 21.2 Å². The van der Waals surface area contributed by atoms with Gasteiger partial charge in [0, 0.05) is 5.56 Å². The average molecular weight is 396 g/mol. The predicted octanol–water partition coefficient (Wildman–Crippen LogP) is 4.32. The van der Waals surface area contributed by atoms with E-state index >= 15 is 0 Å². The van der Waals surface area contributed by atoms with Crippen LogP contribution in [0.3, 0.4) is 0 Å². The lowest BCUT2D eigenvalue weighted by Crippen LogP contribution is -2.33. The monoisotopic (exact) mass is 395 g/mol. The van der Waals surface area contributed by atoms with Crippen molar-refractivity contribution >= 4 is 53.6 Å². The van der Waals surface area contributed by atoms with Gasteiger partial charge in [-0.05, 0) is 24.3 Å². The lowest BCUT2D eigenvalue weighted by molar-refractivity contribution is 0.0901. The molecule has 1 N–H and O–H groups in total. The van der Waals surface area contributed by atoms with Gasteiger partial charge in [-0.2, -0.15) is 0 Å². The molecular weight excluding hydrogens is 390 g/mol. The highest BCUT2D eigenvalue weighted by Crippen LogP contribution is 2.21. The highest BCUT2D eigenvalue weighted by atomic mass is 35.5. The first-order valence-electron chi connectivity index (χ1n) is 6.01. The summed E-state index contributed by atoms with van der Waals surface area (Å²) >= 11 is 15.0. The van der Waals surface area contributed by atoms with Crippen molar-refractivity contribution in [2.24, 2.45) is 0 Å². The standard InChI is InChI=1S/C13H6Cl2F3N3O2S/c14-8-3-5(4-9(15)20-8)12(22)21(24)13(23)19-7-2-1-6(16)10(17)11(7)18/h1-4,24H,(H,19,23). The summed E-state index contributed by atoms with van der Waals surface area (Å²) in [6, 6.07) is 2.45. The number of nitrogens with zero attached hydrogens (tertiary/aromatic N) is 2. The van der Waals surface area contributed by atoms with Crippen LogP contribution in [0.15, 0.2) is 24.3 Å². The first-order chi connectivity index (χ1) is 11.2. The summed E-state index contributed by atoms with van der Waals surface area (Å²) < 4.78 is 39.8. The Labute approximate surface area is 148 Å². The molecular formula is C13H6Cl2F3N3O2S. The van der Waals surface area contributed by atoms with Gasteiger partial charge in [0.1, 0.15) is 10.3 Å². The number of benzene rings is 1. The first kappa shape index (κ1) is 18.4. The number of carbonyl (C=O) groups excluding carboxylic acids is 2. The highest BCUT2D eigenvalue weighted by Gasteiger charge is 2.23. The molecule has 0 aliphatic rings. The lowest BCUT2D eigenvalue weighted by atomic mass is 10.2. The molecule has 0 saturated heterocycles. The van der Waals surface area contributed by atoms with Crippen LogP contribution in [0.25, 0.3) is 0 Å². The Morgan fingerprint density at radius 2 is 1.67 bits per heavy atom.